The molecule has 0 saturated heterocycles. The van der Waals surface area contributed by atoms with Gasteiger partial charge in [-0.15, -0.1) is 0 Å². The summed E-state index contributed by atoms with van der Waals surface area (Å²) in [5.74, 6) is 0.867. The molecule has 2 N–H and O–H groups in total. The van der Waals surface area contributed by atoms with Crippen molar-refractivity contribution in [1.29, 1.82) is 0 Å². The van der Waals surface area contributed by atoms with Gasteiger partial charge in [0.2, 0.25) is 5.91 Å². The topological polar surface area (TPSA) is 50.4 Å². The summed E-state index contributed by atoms with van der Waals surface area (Å²) >= 11 is 0. The number of carbonyl (C=O) groups excluding carboxylic acids is 1. The van der Waals surface area contributed by atoms with Crippen molar-refractivity contribution in [1.82, 2.24) is 10.6 Å². The van der Waals surface area contributed by atoms with E-state index in [0.717, 1.165) is 12.2 Å². The summed E-state index contributed by atoms with van der Waals surface area (Å²) in [6.07, 6.45) is 0.890. The zero-order valence-corrected chi connectivity index (χ0v) is 10.6. The Labute approximate surface area is 102 Å². The Balaban J connectivity index is 2.39. The van der Waals surface area contributed by atoms with Gasteiger partial charge in [-0.3, -0.25) is 4.79 Å². The summed E-state index contributed by atoms with van der Waals surface area (Å²) in [6.45, 7) is 2.42. The van der Waals surface area contributed by atoms with Crippen molar-refractivity contribution >= 4 is 5.91 Å². The highest BCUT2D eigenvalue weighted by Crippen LogP contribution is 2.12. The van der Waals surface area contributed by atoms with Crippen LogP contribution < -0.4 is 15.4 Å². The number of benzene rings is 1. The zero-order valence-electron chi connectivity index (χ0n) is 10.6. The molecule has 0 aliphatic rings. The van der Waals surface area contributed by atoms with Gasteiger partial charge < -0.3 is 15.4 Å². The Bertz CT molecular complexity index is 349. The highest BCUT2D eigenvalue weighted by molar-refractivity contribution is 5.77. The standard InChI is InChI=1S/C13H20N2O2/c1-10(15-9-13(16)14-2)8-11-4-6-12(17-3)7-5-11/h4-7,10,15H,8-9H2,1-3H3,(H,14,16). The second kappa shape index (κ2) is 6.91. The number of nitrogens with one attached hydrogen (secondary N) is 2. The lowest BCUT2D eigenvalue weighted by atomic mass is 10.1. The maximum atomic E-state index is 11.1. The van der Waals surface area contributed by atoms with E-state index >= 15 is 0 Å². The van der Waals surface area contributed by atoms with Gasteiger partial charge in [-0.1, -0.05) is 12.1 Å². The molecule has 0 aliphatic carbocycles. The molecule has 0 bridgehead atoms. The van der Waals surface area contributed by atoms with E-state index in [9.17, 15) is 4.79 Å². The van der Waals surface area contributed by atoms with Crippen LogP contribution in [0.3, 0.4) is 0 Å². The number of likely N-dealkylation sites (N-methyl/N-ethyl adjacent to an activating group) is 1. The van der Waals surface area contributed by atoms with Crippen LogP contribution in [0.5, 0.6) is 5.75 Å². The first kappa shape index (κ1) is 13.5. The molecule has 4 nitrogen and oxygen atoms in total. The third-order valence-electron chi connectivity index (χ3n) is 2.59. The molecule has 0 spiro atoms. The Morgan fingerprint density at radius 3 is 2.53 bits per heavy atom. The van der Waals surface area contributed by atoms with Crippen molar-refractivity contribution in [2.45, 2.75) is 19.4 Å². The average Bonchev–Trinajstić information content (AvgIpc) is 2.36. The van der Waals surface area contributed by atoms with Gasteiger partial charge in [-0.05, 0) is 31.0 Å². The second-order valence-corrected chi connectivity index (χ2v) is 4.01. The van der Waals surface area contributed by atoms with E-state index in [0.29, 0.717) is 6.54 Å². The highest BCUT2D eigenvalue weighted by atomic mass is 16.5. The Hall–Kier alpha value is -1.55. The van der Waals surface area contributed by atoms with Crippen LogP contribution in [-0.4, -0.2) is 32.7 Å². The van der Waals surface area contributed by atoms with Crippen LogP contribution >= 0.6 is 0 Å². The van der Waals surface area contributed by atoms with Gasteiger partial charge >= 0.3 is 0 Å². The molecule has 0 heterocycles. The largest absolute Gasteiger partial charge is 0.497 e. The number of ether oxygens (including phenoxy) is 1. The van der Waals surface area contributed by atoms with E-state index in [1.165, 1.54) is 5.56 Å². The number of hydrogen-bond acceptors (Lipinski definition) is 3. The number of rotatable bonds is 6. The molecule has 1 aromatic rings. The van der Waals surface area contributed by atoms with Crippen molar-refractivity contribution in [3.05, 3.63) is 29.8 Å². The van der Waals surface area contributed by atoms with Crippen LogP contribution in [0.2, 0.25) is 0 Å². The van der Waals surface area contributed by atoms with Crippen molar-refractivity contribution in [3.63, 3.8) is 0 Å². The van der Waals surface area contributed by atoms with Crippen LogP contribution in [0.1, 0.15) is 12.5 Å². The maximum absolute atomic E-state index is 11.1. The van der Waals surface area contributed by atoms with Crippen molar-refractivity contribution < 1.29 is 9.53 Å². The first-order valence-corrected chi connectivity index (χ1v) is 5.72. The summed E-state index contributed by atoms with van der Waals surface area (Å²) < 4.78 is 5.10. The molecule has 0 aliphatic heterocycles. The monoisotopic (exact) mass is 236 g/mol. The quantitative estimate of drug-likeness (QED) is 0.773. The van der Waals surface area contributed by atoms with Gasteiger partial charge in [0.1, 0.15) is 5.75 Å². The Morgan fingerprint density at radius 2 is 2.00 bits per heavy atom. The highest BCUT2D eigenvalue weighted by Gasteiger charge is 2.05. The van der Waals surface area contributed by atoms with E-state index in [-0.39, 0.29) is 11.9 Å². The number of carbonyl (C=O) groups is 1. The van der Waals surface area contributed by atoms with E-state index in [1.807, 2.05) is 24.3 Å². The lowest BCUT2D eigenvalue weighted by Gasteiger charge is -2.13. The fraction of sp³-hybridized carbons (Fsp3) is 0.462. The molecule has 1 amide bonds. The summed E-state index contributed by atoms with van der Waals surface area (Å²) in [5, 5.41) is 5.75. The fourth-order valence-electron chi connectivity index (χ4n) is 1.54. The van der Waals surface area contributed by atoms with Gasteiger partial charge in [0.25, 0.3) is 0 Å². The number of hydrogen-bond donors (Lipinski definition) is 2. The summed E-state index contributed by atoms with van der Waals surface area (Å²) in [6, 6.07) is 8.23. The lowest BCUT2D eigenvalue weighted by molar-refractivity contribution is -0.119. The third-order valence-corrected chi connectivity index (χ3v) is 2.59. The van der Waals surface area contributed by atoms with E-state index < -0.39 is 0 Å². The van der Waals surface area contributed by atoms with Gasteiger partial charge in [0.05, 0.1) is 13.7 Å². The zero-order chi connectivity index (χ0) is 12.7. The van der Waals surface area contributed by atoms with Gasteiger partial charge in [-0.25, -0.2) is 0 Å². The summed E-state index contributed by atoms with van der Waals surface area (Å²) in [7, 11) is 3.29. The average molecular weight is 236 g/mol. The van der Waals surface area contributed by atoms with Crippen molar-refractivity contribution in [3.8, 4) is 5.75 Å². The van der Waals surface area contributed by atoms with Crippen LogP contribution in [0.4, 0.5) is 0 Å². The first-order valence-electron chi connectivity index (χ1n) is 5.72. The molecule has 0 saturated carbocycles. The van der Waals surface area contributed by atoms with Gasteiger partial charge in [0.15, 0.2) is 0 Å². The predicted molar refractivity (Wildman–Crippen MR) is 68.2 cm³/mol. The van der Waals surface area contributed by atoms with Crippen LogP contribution in [-0.2, 0) is 11.2 Å². The first-order chi connectivity index (χ1) is 8.15. The SMILES string of the molecule is CNC(=O)CNC(C)Cc1ccc(OC)cc1. The summed E-state index contributed by atoms with van der Waals surface area (Å²) in [4.78, 5) is 11.1. The number of amides is 1. The molecule has 0 fully saturated rings. The smallest absolute Gasteiger partial charge is 0.233 e. The molecule has 17 heavy (non-hydrogen) atoms. The Morgan fingerprint density at radius 1 is 1.35 bits per heavy atom. The molecule has 1 unspecified atom stereocenters. The van der Waals surface area contributed by atoms with Crippen LogP contribution in [0, 0.1) is 0 Å². The van der Waals surface area contributed by atoms with Crippen molar-refractivity contribution in [2.75, 3.05) is 20.7 Å². The predicted octanol–water partition coefficient (Wildman–Crippen LogP) is 0.962. The number of methoxy groups -OCH3 is 1. The van der Waals surface area contributed by atoms with Crippen LogP contribution in [0.25, 0.3) is 0 Å². The van der Waals surface area contributed by atoms with E-state index in [4.69, 9.17) is 4.74 Å². The molecule has 1 atom stereocenters. The third kappa shape index (κ3) is 4.87. The normalized spacial score (nSPS) is 11.9. The van der Waals surface area contributed by atoms with E-state index in [2.05, 4.69) is 17.6 Å². The van der Waals surface area contributed by atoms with Gasteiger partial charge in [0, 0.05) is 13.1 Å². The molecule has 4 heteroatoms. The Kier molecular flexibility index (Phi) is 5.49. The molecule has 1 rings (SSSR count). The molecule has 0 radical (unpaired) electrons. The fourth-order valence-corrected chi connectivity index (χ4v) is 1.54. The van der Waals surface area contributed by atoms with Crippen LogP contribution in [0.15, 0.2) is 24.3 Å². The molecule has 1 aromatic carbocycles. The van der Waals surface area contributed by atoms with Gasteiger partial charge in [-0.2, -0.15) is 0 Å². The lowest BCUT2D eigenvalue weighted by Crippen LogP contribution is -2.37. The minimum absolute atomic E-state index is 0.00609. The van der Waals surface area contributed by atoms with E-state index in [1.54, 1.807) is 14.2 Å². The molecule has 94 valence electrons. The minimum atomic E-state index is 0.00609. The molecular weight excluding hydrogens is 216 g/mol. The second-order valence-electron chi connectivity index (χ2n) is 4.01. The van der Waals surface area contributed by atoms with Crippen molar-refractivity contribution in [2.24, 2.45) is 0 Å². The summed E-state index contributed by atoms with van der Waals surface area (Å²) in [5.41, 5.74) is 1.22. The maximum Gasteiger partial charge on any atom is 0.233 e. The molecule has 0 aromatic heterocycles. The minimum Gasteiger partial charge on any atom is -0.497 e. The molecular formula is C13H20N2O2.